The molecule has 1 N–H and O–H groups in total. The summed E-state index contributed by atoms with van der Waals surface area (Å²) in [5, 5.41) is 2.99. The molecule has 4 heteroatoms. The maximum absolute atomic E-state index is 12.1. The van der Waals surface area contributed by atoms with Gasteiger partial charge in [-0.1, -0.05) is 20.8 Å². The van der Waals surface area contributed by atoms with E-state index in [1.807, 2.05) is 18.2 Å². The Hall–Kier alpha value is -1.68. The van der Waals surface area contributed by atoms with Crippen LogP contribution in [0.3, 0.4) is 0 Å². The van der Waals surface area contributed by atoms with E-state index in [0.717, 1.165) is 17.7 Å². The van der Waals surface area contributed by atoms with Crippen LogP contribution in [0.25, 0.3) is 0 Å². The van der Waals surface area contributed by atoms with Crippen molar-refractivity contribution >= 4 is 17.2 Å². The Kier molecular flexibility index (Phi) is 5.12. The molecule has 0 saturated carbocycles. The predicted octanol–water partition coefficient (Wildman–Crippen LogP) is 3.80. The fourth-order valence-corrected chi connectivity index (χ4v) is 2.97. The van der Waals surface area contributed by atoms with Crippen LogP contribution in [0.15, 0.2) is 36.7 Å². The lowest BCUT2D eigenvalue weighted by Gasteiger charge is -2.15. The van der Waals surface area contributed by atoms with Crippen molar-refractivity contribution in [3.05, 3.63) is 52.0 Å². The predicted molar refractivity (Wildman–Crippen MR) is 87.9 cm³/mol. The smallest absolute Gasteiger partial charge is 0.261 e. The lowest BCUT2D eigenvalue weighted by atomic mass is 9.95. The van der Waals surface area contributed by atoms with Gasteiger partial charge < -0.3 is 5.32 Å². The number of pyridine rings is 1. The zero-order valence-corrected chi connectivity index (χ0v) is 13.7. The number of amides is 1. The molecule has 0 unspecified atom stereocenters. The summed E-state index contributed by atoms with van der Waals surface area (Å²) in [6.45, 7) is 7.18. The second kappa shape index (κ2) is 6.85. The summed E-state index contributed by atoms with van der Waals surface area (Å²) in [5.41, 5.74) is 1.36. The number of thiophene rings is 1. The zero-order chi connectivity index (χ0) is 15.3. The molecule has 0 aliphatic rings. The highest BCUT2D eigenvalue weighted by Gasteiger charge is 2.18. The molecule has 0 spiro atoms. The minimum Gasteiger partial charge on any atom is -0.351 e. The minimum atomic E-state index is 0.0326. The van der Waals surface area contributed by atoms with E-state index in [0.29, 0.717) is 6.54 Å². The van der Waals surface area contributed by atoms with Crippen LogP contribution in [-0.4, -0.2) is 17.4 Å². The normalized spacial score (nSPS) is 11.4. The lowest BCUT2D eigenvalue weighted by Crippen LogP contribution is -2.23. The highest BCUT2D eigenvalue weighted by atomic mass is 32.1. The summed E-state index contributed by atoms with van der Waals surface area (Å²) >= 11 is 1.58. The molecule has 0 fully saturated rings. The average Bonchev–Trinajstić information content (AvgIpc) is 2.94. The quantitative estimate of drug-likeness (QED) is 0.854. The fraction of sp³-hybridized carbons (Fsp3) is 0.412. The van der Waals surface area contributed by atoms with E-state index in [1.54, 1.807) is 23.7 Å². The van der Waals surface area contributed by atoms with E-state index < -0.39 is 0 Å². The molecule has 2 rings (SSSR count). The molecule has 0 saturated heterocycles. The first-order valence-corrected chi connectivity index (χ1v) is 8.06. The van der Waals surface area contributed by atoms with Crippen LogP contribution in [0.1, 0.15) is 47.3 Å². The number of carbonyl (C=O) groups excluding carboxylic acids is 1. The third-order valence-corrected chi connectivity index (χ3v) is 4.76. The Labute approximate surface area is 130 Å². The first kappa shape index (κ1) is 15.7. The number of nitrogens with zero attached hydrogens (tertiary/aromatic N) is 1. The molecular formula is C17H22N2OS. The summed E-state index contributed by atoms with van der Waals surface area (Å²) < 4.78 is 0. The van der Waals surface area contributed by atoms with Crippen molar-refractivity contribution in [3.63, 3.8) is 0 Å². The summed E-state index contributed by atoms with van der Waals surface area (Å²) in [6.07, 6.45) is 5.49. The molecule has 3 nitrogen and oxygen atoms in total. The van der Waals surface area contributed by atoms with Gasteiger partial charge in [0.25, 0.3) is 5.91 Å². The van der Waals surface area contributed by atoms with Crippen molar-refractivity contribution < 1.29 is 4.79 Å². The largest absolute Gasteiger partial charge is 0.351 e. The van der Waals surface area contributed by atoms with E-state index in [4.69, 9.17) is 0 Å². The molecule has 0 aliphatic heterocycles. The van der Waals surface area contributed by atoms with Gasteiger partial charge >= 0.3 is 0 Å². The van der Waals surface area contributed by atoms with Crippen LogP contribution in [-0.2, 0) is 11.8 Å². The van der Waals surface area contributed by atoms with Crippen molar-refractivity contribution in [2.24, 2.45) is 0 Å². The second-order valence-corrected chi connectivity index (χ2v) is 7.21. The van der Waals surface area contributed by atoms with Crippen LogP contribution in [0.5, 0.6) is 0 Å². The van der Waals surface area contributed by atoms with Gasteiger partial charge in [0.05, 0.1) is 4.88 Å². The Morgan fingerprint density at radius 1 is 1.19 bits per heavy atom. The first-order valence-electron chi connectivity index (χ1n) is 7.24. The number of hydrogen-bond acceptors (Lipinski definition) is 3. The van der Waals surface area contributed by atoms with E-state index in [9.17, 15) is 4.79 Å². The fourth-order valence-electron chi connectivity index (χ4n) is 1.99. The molecule has 0 bridgehead atoms. The average molecular weight is 302 g/mol. The Morgan fingerprint density at radius 2 is 1.90 bits per heavy atom. The van der Waals surface area contributed by atoms with E-state index in [1.165, 1.54) is 10.4 Å². The number of rotatable bonds is 5. The van der Waals surface area contributed by atoms with E-state index in [-0.39, 0.29) is 11.3 Å². The molecule has 0 aromatic carbocycles. The van der Waals surface area contributed by atoms with Gasteiger partial charge in [0.2, 0.25) is 0 Å². The Bertz CT molecular complexity index is 584. The summed E-state index contributed by atoms with van der Waals surface area (Å²) in [6, 6.07) is 7.99. The van der Waals surface area contributed by atoms with E-state index in [2.05, 4.69) is 37.1 Å². The molecule has 21 heavy (non-hydrogen) atoms. The monoisotopic (exact) mass is 302 g/mol. The van der Waals surface area contributed by atoms with Crippen molar-refractivity contribution in [1.82, 2.24) is 10.3 Å². The first-order chi connectivity index (χ1) is 9.97. The standard InChI is InChI=1S/C17H22N2OS/c1-17(2,3)15-7-6-14(21-15)16(20)19-10-4-5-13-8-11-18-12-9-13/h6-9,11-12H,4-5,10H2,1-3H3,(H,19,20). The van der Waals surface area contributed by atoms with Crippen molar-refractivity contribution in [2.45, 2.75) is 39.0 Å². The number of aryl methyl sites for hydroxylation is 1. The highest BCUT2D eigenvalue weighted by molar-refractivity contribution is 7.14. The van der Waals surface area contributed by atoms with Gasteiger partial charge in [-0.05, 0) is 48.1 Å². The molecule has 0 atom stereocenters. The second-order valence-electron chi connectivity index (χ2n) is 6.13. The maximum Gasteiger partial charge on any atom is 0.261 e. The van der Waals surface area contributed by atoms with Gasteiger partial charge in [0.15, 0.2) is 0 Å². The van der Waals surface area contributed by atoms with Crippen molar-refractivity contribution in [1.29, 1.82) is 0 Å². The third-order valence-electron chi connectivity index (χ3n) is 3.25. The number of nitrogens with one attached hydrogen (secondary N) is 1. The van der Waals surface area contributed by atoms with E-state index >= 15 is 0 Å². The Balaban J connectivity index is 1.78. The molecule has 2 aromatic heterocycles. The maximum atomic E-state index is 12.1. The number of hydrogen-bond donors (Lipinski definition) is 1. The van der Waals surface area contributed by atoms with Crippen LogP contribution < -0.4 is 5.32 Å². The van der Waals surface area contributed by atoms with Crippen molar-refractivity contribution in [2.75, 3.05) is 6.54 Å². The van der Waals surface area contributed by atoms with Crippen LogP contribution in [0.4, 0.5) is 0 Å². The number of carbonyl (C=O) groups is 1. The van der Waals surface area contributed by atoms with Gasteiger partial charge in [-0.25, -0.2) is 0 Å². The zero-order valence-electron chi connectivity index (χ0n) is 12.8. The molecular weight excluding hydrogens is 280 g/mol. The lowest BCUT2D eigenvalue weighted by molar-refractivity contribution is 0.0957. The van der Waals surface area contributed by atoms with Gasteiger partial charge in [-0.2, -0.15) is 0 Å². The van der Waals surface area contributed by atoms with Gasteiger partial charge in [0, 0.05) is 23.8 Å². The summed E-state index contributed by atoms with van der Waals surface area (Å²) in [4.78, 5) is 18.1. The number of aromatic nitrogens is 1. The molecule has 2 aromatic rings. The molecule has 2 heterocycles. The van der Waals surface area contributed by atoms with Crippen LogP contribution in [0, 0.1) is 0 Å². The summed E-state index contributed by atoms with van der Waals surface area (Å²) in [7, 11) is 0. The van der Waals surface area contributed by atoms with Crippen LogP contribution in [0.2, 0.25) is 0 Å². The molecule has 112 valence electrons. The third kappa shape index (κ3) is 4.67. The highest BCUT2D eigenvalue weighted by Crippen LogP contribution is 2.29. The minimum absolute atomic E-state index is 0.0326. The van der Waals surface area contributed by atoms with Gasteiger partial charge in [-0.3, -0.25) is 9.78 Å². The van der Waals surface area contributed by atoms with Gasteiger partial charge in [0.1, 0.15) is 0 Å². The SMILES string of the molecule is CC(C)(C)c1ccc(C(=O)NCCCc2ccncc2)s1. The van der Waals surface area contributed by atoms with Crippen LogP contribution >= 0.6 is 11.3 Å². The molecule has 0 radical (unpaired) electrons. The molecule has 0 aliphatic carbocycles. The topological polar surface area (TPSA) is 42.0 Å². The molecule has 1 amide bonds. The van der Waals surface area contributed by atoms with Gasteiger partial charge in [-0.15, -0.1) is 11.3 Å². The van der Waals surface area contributed by atoms with Crippen molar-refractivity contribution in [3.8, 4) is 0 Å². The Morgan fingerprint density at radius 3 is 2.52 bits per heavy atom. The summed E-state index contributed by atoms with van der Waals surface area (Å²) in [5.74, 6) is 0.0326.